The van der Waals surface area contributed by atoms with Gasteiger partial charge in [0.2, 0.25) is 0 Å². The van der Waals surface area contributed by atoms with Crippen molar-refractivity contribution < 1.29 is 34.3 Å². The minimum atomic E-state index is -0.996. The predicted octanol–water partition coefficient (Wildman–Crippen LogP) is -0.370. The second kappa shape index (κ2) is 11.6. The fourth-order valence-corrected chi connectivity index (χ4v) is 1.28. The van der Waals surface area contributed by atoms with Crippen LogP contribution < -0.4 is 0 Å². The molecule has 0 spiro atoms. The predicted molar refractivity (Wildman–Crippen MR) is 75.7 cm³/mol. The molecule has 0 amide bonds. The maximum absolute atomic E-state index is 10.9. The number of ether oxygens (including phenoxy) is 3. The van der Waals surface area contributed by atoms with Crippen molar-refractivity contribution in [2.45, 2.75) is 44.7 Å². The van der Waals surface area contributed by atoms with Gasteiger partial charge in [-0.15, -0.1) is 0 Å². The summed E-state index contributed by atoms with van der Waals surface area (Å²) in [4.78, 5) is 10.9. The largest absolute Gasteiger partial charge is 0.457 e. The summed E-state index contributed by atoms with van der Waals surface area (Å²) >= 11 is 0. The van der Waals surface area contributed by atoms with Gasteiger partial charge in [0.15, 0.2) is 0 Å². The van der Waals surface area contributed by atoms with Crippen LogP contribution in [0.15, 0.2) is 12.7 Å². The summed E-state index contributed by atoms with van der Waals surface area (Å²) in [6.07, 6.45) is -1.53. The van der Waals surface area contributed by atoms with Crippen molar-refractivity contribution in [1.82, 2.24) is 0 Å². The summed E-state index contributed by atoms with van der Waals surface area (Å²) < 4.78 is 15.0. The van der Waals surface area contributed by atoms with Gasteiger partial charge in [0.25, 0.3) is 0 Å². The van der Waals surface area contributed by atoms with Gasteiger partial charge in [-0.05, 0) is 13.3 Å². The van der Waals surface area contributed by atoms with Crippen LogP contribution in [0.5, 0.6) is 0 Å². The van der Waals surface area contributed by atoms with Crippen molar-refractivity contribution in [1.29, 1.82) is 0 Å². The van der Waals surface area contributed by atoms with Crippen LogP contribution >= 0.6 is 0 Å². The quantitative estimate of drug-likeness (QED) is 0.334. The summed E-state index contributed by atoms with van der Waals surface area (Å²) in [6, 6.07) is 0. The van der Waals surface area contributed by atoms with Gasteiger partial charge in [-0.1, -0.05) is 13.5 Å². The Labute approximate surface area is 125 Å². The number of esters is 1. The zero-order valence-electron chi connectivity index (χ0n) is 12.6. The Morgan fingerprint density at radius 3 is 2.14 bits per heavy atom. The first-order valence-electron chi connectivity index (χ1n) is 6.93. The normalized spacial score (nSPS) is 16.8. The maximum atomic E-state index is 10.9. The highest BCUT2D eigenvalue weighted by Gasteiger charge is 2.18. The van der Waals surface area contributed by atoms with Gasteiger partial charge in [-0.3, -0.25) is 0 Å². The van der Waals surface area contributed by atoms with Crippen molar-refractivity contribution >= 4 is 5.97 Å². The average Bonchev–Trinajstić information content (AvgIpc) is 2.46. The molecule has 3 N–H and O–H groups in total. The summed E-state index contributed by atoms with van der Waals surface area (Å²) in [5, 5.41) is 28.5. The van der Waals surface area contributed by atoms with E-state index in [-0.39, 0.29) is 26.4 Å². The van der Waals surface area contributed by atoms with Crippen LogP contribution in [0, 0.1) is 0 Å². The van der Waals surface area contributed by atoms with Gasteiger partial charge in [0.1, 0.15) is 18.3 Å². The molecule has 0 aliphatic heterocycles. The molecule has 0 aliphatic carbocycles. The molecule has 7 heteroatoms. The Morgan fingerprint density at radius 2 is 1.62 bits per heavy atom. The van der Waals surface area contributed by atoms with Crippen LogP contribution in [0.3, 0.4) is 0 Å². The molecular formula is C14H26O7. The molecule has 124 valence electrons. The molecule has 0 saturated heterocycles. The van der Waals surface area contributed by atoms with Crippen molar-refractivity contribution in [3.8, 4) is 0 Å². The smallest absolute Gasteiger partial charge is 0.330 e. The summed E-state index contributed by atoms with van der Waals surface area (Å²) in [5.41, 5.74) is 0. The molecule has 0 rings (SSSR count). The number of carbonyl (C=O) groups is 1. The van der Waals surface area contributed by atoms with E-state index in [1.54, 1.807) is 0 Å². The summed E-state index contributed by atoms with van der Waals surface area (Å²) in [6.45, 7) is 6.69. The minimum absolute atomic E-state index is 0.0264. The fourth-order valence-electron chi connectivity index (χ4n) is 1.28. The Balaban J connectivity index is 3.71. The van der Waals surface area contributed by atoms with E-state index in [4.69, 9.17) is 14.2 Å². The average molecular weight is 306 g/mol. The number of hydrogen-bond acceptors (Lipinski definition) is 7. The van der Waals surface area contributed by atoms with Gasteiger partial charge in [-0.2, -0.15) is 0 Å². The standard InChI is InChI=1S/C14H26O7/c1-4-11(15)6-19-7-12(16)8-20-9-13(17)10(3)21-14(18)5-2/h5,10-13,15-17H,2,4,6-9H2,1,3H3. The van der Waals surface area contributed by atoms with Crippen LogP contribution in [0.2, 0.25) is 0 Å². The number of carbonyl (C=O) groups excluding carboxylic acids is 1. The first-order valence-corrected chi connectivity index (χ1v) is 6.93. The van der Waals surface area contributed by atoms with Crippen LogP contribution in [0.4, 0.5) is 0 Å². The molecule has 0 aliphatic rings. The third-order valence-corrected chi connectivity index (χ3v) is 2.70. The molecule has 0 heterocycles. The van der Waals surface area contributed by atoms with E-state index in [0.717, 1.165) is 6.08 Å². The second-order valence-corrected chi connectivity index (χ2v) is 4.70. The molecule has 4 atom stereocenters. The second-order valence-electron chi connectivity index (χ2n) is 4.70. The number of rotatable bonds is 12. The van der Waals surface area contributed by atoms with Gasteiger partial charge >= 0.3 is 5.97 Å². The van der Waals surface area contributed by atoms with Crippen molar-refractivity contribution in [3.05, 3.63) is 12.7 Å². The van der Waals surface area contributed by atoms with E-state index in [0.29, 0.717) is 6.42 Å². The lowest BCUT2D eigenvalue weighted by atomic mass is 10.2. The zero-order valence-corrected chi connectivity index (χ0v) is 12.6. The molecular weight excluding hydrogens is 280 g/mol. The van der Waals surface area contributed by atoms with Crippen molar-refractivity contribution in [3.63, 3.8) is 0 Å². The lowest BCUT2D eigenvalue weighted by Crippen LogP contribution is -2.34. The molecule has 4 unspecified atom stereocenters. The maximum Gasteiger partial charge on any atom is 0.330 e. The molecule has 0 saturated carbocycles. The van der Waals surface area contributed by atoms with Crippen molar-refractivity contribution in [2.24, 2.45) is 0 Å². The van der Waals surface area contributed by atoms with E-state index in [1.807, 2.05) is 6.92 Å². The number of aliphatic hydroxyl groups is 3. The lowest BCUT2D eigenvalue weighted by molar-refractivity contribution is -0.150. The number of hydrogen-bond donors (Lipinski definition) is 3. The number of aliphatic hydroxyl groups excluding tert-OH is 3. The Bertz CT molecular complexity index is 295. The highest BCUT2D eigenvalue weighted by atomic mass is 16.6. The molecule has 21 heavy (non-hydrogen) atoms. The molecule has 0 aromatic carbocycles. The third kappa shape index (κ3) is 10.4. The van der Waals surface area contributed by atoms with E-state index in [9.17, 15) is 20.1 Å². The van der Waals surface area contributed by atoms with E-state index >= 15 is 0 Å². The Hall–Kier alpha value is -0.990. The van der Waals surface area contributed by atoms with Crippen molar-refractivity contribution in [2.75, 3.05) is 26.4 Å². The van der Waals surface area contributed by atoms with E-state index < -0.39 is 30.4 Å². The first kappa shape index (κ1) is 20.0. The van der Waals surface area contributed by atoms with Gasteiger partial charge in [-0.25, -0.2) is 4.79 Å². The SMILES string of the molecule is C=CC(=O)OC(C)C(O)COCC(O)COCC(O)CC. The summed E-state index contributed by atoms with van der Waals surface area (Å²) in [7, 11) is 0. The molecule has 0 radical (unpaired) electrons. The van der Waals surface area contributed by atoms with Crippen LogP contribution in [-0.4, -0.2) is 72.1 Å². The van der Waals surface area contributed by atoms with Crippen LogP contribution in [0.1, 0.15) is 20.3 Å². The summed E-state index contributed by atoms with van der Waals surface area (Å²) in [5.74, 6) is -0.621. The zero-order chi connectivity index (χ0) is 16.3. The molecule has 0 bridgehead atoms. The lowest BCUT2D eigenvalue weighted by Gasteiger charge is -2.19. The van der Waals surface area contributed by atoms with Crippen LogP contribution in [0.25, 0.3) is 0 Å². The van der Waals surface area contributed by atoms with E-state index in [2.05, 4.69) is 6.58 Å². The fraction of sp³-hybridized carbons (Fsp3) is 0.786. The van der Waals surface area contributed by atoms with Gasteiger partial charge in [0, 0.05) is 6.08 Å². The Kier molecular flexibility index (Phi) is 11.1. The minimum Gasteiger partial charge on any atom is -0.457 e. The monoisotopic (exact) mass is 306 g/mol. The molecule has 7 nitrogen and oxygen atoms in total. The van der Waals surface area contributed by atoms with Gasteiger partial charge < -0.3 is 29.5 Å². The highest BCUT2D eigenvalue weighted by Crippen LogP contribution is 2.01. The molecule has 0 aromatic heterocycles. The van der Waals surface area contributed by atoms with Gasteiger partial charge in [0.05, 0.1) is 32.5 Å². The van der Waals surface area contributed by atoms with E-state index in [1.165, 1.54) is 6.92 Å². The topological polar surface area (TPSA) is 105 Å². The molecule has 0 aromatic rings. The Morgan fingerprint density at radius 1 is 1.10 bits per heavy atom. The first-order chi connectivity index (χ1) is 9.90. The molecule has 0 fully saturated rings. The highest BCUT2D eigenvalue weighted by molar-refractivity contribution is 5.81. The van der Waals surface area contributed by atoms with Crippen LogP contribution in [-0.2, 0) is 19.0 Å². The third-order valence-electron chi connectivity index (χ3n) is 2.70.